The molecule has 4 heterocycles. The Labute approximate surface area is 221 Å². The molecule has 39 heavy (non-hydrogen) atoms. The normalized spacial score (nSPS) is 24.3. The third kappa shape index (κ3) is 11.6. The number of aromatic nitrogens is 1. The summed E-state index contributed by atoms with van der Waals surface area (Å²) in [7, 11) is 0. The first-order valence-electron chi connectivity index (χ1n) is 12.3. The number of nitrogens with zero attached hydrogens (tertiary/aromatic N) is 3. The van der Waals surface area contributed by atoms with E-state index in [0.717, 1.165) is 58.2 Å². The molecule has 1 spiro atoms. The number of carbonyl (C=O) groups is 2. The van der Waals surface area contributed by atoms with Crippen molar-refractivity contribution < 1.29 is 55.6 Å². The number of halogens is 6. The highest BCUT2D eigenvalue weighted by Crippen LogP contribution is 2.38. The summed E-state index contributed by atoms with van der Waals surface area (Å²) in [6.07, 6.45) is -6.51. The van der Waals surface area contributed by atoms with Gasteiger partial charge in [-0.2, -0.15) is 26.3 Å². The minimum atomic E-state index is -5.08. The molecule has 3 aliphatic heterocycles. The van der Waals surface area contributed by atoms with Crippen molar-refractivity contribution in [2.24, 2.45) is 5.92 Å². The molecule has 0 radical (unpaired) electrons. The summed E-state index contributed by atoms with van der Waals surface area (Å²) in [6.45, 7) is 11.3. The molecule has 9 nitrogen and oxygen atoms in total. The van der Waals surface area contributed by atoms with Gasteiger partial charge in [0.15, 0.2) is 0 Å². The quantitative estimate of drug-likeness (QED) is 0.524. The Morgan fingerprint density at radius 3 is 2.15 bits per heavy atom. The van der Waals surface area contributed by atoms with Gasteiger partial charge in [0.2, 0.25) is 0 Å². The minimum Gasteiger partial charge on any atom is -0.475 e. The first-order chi connectivity index (χ1) is 18.1. The predicted octanol–water partition coefficient (Wildman–Crippen LogP) is 3.36. The zero-order valence-electron chi connectivity index (χ0n) is 21.4. The molecule has 3 aliphatic rings. The Morgan fingerprint density at radius 1 is 1.03 bits per heavy atom. The fourth-order valence-corrected chi connectivity index (χ4v) is 4.73. The first kappa shape index (κ1) is 32.7. The second kappa shape index (κ2) is 14.2. The average molecular weight is 574 g/mol. The zero-order chi connectivity index (χ0) is 29.3. The van der Waals surface area contributed by atoms with Crippen LogP contribution in [0.15, 0.2) is 18.2 Å². The highest BCUT2D eigenvalue weighted by molar-refractivity contribution is 5.73. The Balaban J connectivity index is 0.000000317. The summed E-state index contributed by atoms with van der Waals surface area (Å²) >= 11 is 0. The molecule has 3 fully saturated rings. The van der Waals surface area contributed by atoms with E-state index in [4.69, 9.17) is 29.3 Å². The predicted molar refractivity (Wildman–Crippen MR) is 125 cm³/mol. The Morgan fingerprint density at radius 2 is 1.62 bits per heavy atom. The van der Waals surface area contributed by atoms with Crippen molar-refractivity contribution in [2.75, 3.05) is 52.5 Å². The molecule has 1 aromatic rings. The van der Waals surface area contributed by atoms with Crippen LogP contribution in [0.5, 0.6) is 0 Å². The van der Waals surface area contributed by atoms with Crippen LogP contribution in [0.3, 0.4) is 0 Å². The lowest BCUT2D eigenvalue weighted by Gasteiger charge is -2.40. The molecule has 2 atom stereocenters. The summed E-state index contributed by atoms with van der Waals surface area (Å²) in [5.74, 6) is -4.84. The van der Waals surface area contributed by atoms with Crippen molar-refractivity contribution in [1.82, 2.24) is 14.8 Å². The summed E-state index contributed by atoms with van der Waals surface area (Å²) < 4.78 is 75.3. The number of rotatable bonds is 4. The lowest BCUT2D eigenvalue weighted by Crippen LogP contribution is -2.47. The number of carboxylic acid groups (broad SMARTS) is 2. The van der Waals surface area contributed by atoms with Crippen LogP contribution < -0.4 is 0 Å². The van der Waals surface area contributed by atoms with Gasteiger partial charge in [-0.15, -0.1) is 0 Å². The molecule has 3 saturated heterocycles. The zero-order valence-corrected chi connectivity index (χ0v) is 21.4. The van der Waals surface area contributed by atoms with Gasteiger partial charge in [0.1, 0.15) is 0 Å². The lowest BCUT2D eigenvalue weighted by molar-refractivity contribution is -0.193. The molecular formula is C24H33F6N3O6. The number of piperidine rings is 1. The fourth-order valence-electron chi connectivity index (χ4n) is 4.73. The van der Waals surface area contributed by atoms with Crippen LogP contribution in [-0.4, -0.2) is 107 Å². The number of hydrogen-bond acceptors (Lipinski definition) is 7. The third-order valence-corrected chi connectivity index (χ3v) is 6.34. The maximum atomic E-state index is 10.6. The van der Waals surface area contributed by atoms with E-state index in [1.165, 1.54) is 31.5 Å². The van der Waals surface area contributed by atoms with Crippen LogP contribution in [0.25, 0.3) is 0 Å². The summed E-state index contributed by atoms with van der Waals surface area (Å²) in [6, 6.07) is 6.32. The van der Waals surface area contributed by atoms with E-state index in [9.17, 15) is 26.3 Å². The van der Waals surface area contributed by atoms with E-state index in [1.807, 2.05) is 0 Å². The largest absolute Gasteiger partial charge is 0.490 e. The Hall–Kier alpha value is -2.49. The number of pyridine rings is 1. The molecule has 0 amide bonds. The number of ether oxygens (including phenoxy) is 2. The molecule has 222 valence electrons. The fraction of sp³-hybridized carbons (Fsp3) is 0.708. The van der Waals surface area contributed by atoms with Crippen LogP contribution in [0.4, 0.5) is 26.3 Å². The maximum Gasteiger partial charge on any atom is 0.490 e. The van der Waals surface area contributed by atoms with E-state index in [-0.39, 0.29) is 5.60 Å². The van der Waals surface area contributed by atoms with Gasteiger partial charge in [-0.3, -0.25) is 14.8 Å². The molecule has 2 N–H and O–H groups in total. The topological polar surface area (TPSA) is 112 Å². The second-order valence-electron chi connectivity index (χ2n) is 9.67. The van der Waals surface area contributed by atoms with E-state index >= 15 is 0 Å². The van der Waals surface area contributed by atoms with Gasteiger partial charge in [-0.05, 0) is 50.8 Å². The molecule has 0 aliphatic carbocycles. The van der Waals surface area contributed by atoms with Crippen molar-refractivity contribution in [1.29, 1.82) is 0 Å². The standard InChI is InChI=1S/C20H31N3O2.2C2HF3O2/c1-17-4-2-5-19(21-17)14-23-7-3-6-20(16-23)12-18(15-25-20)13-22-8-10-24-11-9-22;2*3-2(4,5)1(6)7/h2,4-5,18H,3,6-16H2,1H3;2*(H,6,7). The van der Waals surface area contributed by atoms with Gasteiger partial charge in [0.25, 0.3) is 0 Å². The molecule has 0 aromatic carbocycles. The first-order valence-corrected chi connectivity index (χ1v) is 12.3. The molecule has 1 aromatic heterocycles. The number of aryl methyl sites for hydroxylation is 1. The number of aliphatic carboxylic acids is 2. The van der Waals surface area contributed by atoms with Gasteiger partial charge >= 0.3 is 24.3 Å². The Bertz CT molecular complexity index is 918. The van der Waals surface area contributed by atoms with Crippen LogP contribution in [-0.2, 0) is 25.6 Å². The smallest absolute Gasteiger partial charge is 0.475 e. The molecule has 4 rings (SSSR count). The summed E-state index contributed by atoms with van der Waals surface area (Å²) in [4.78, 5) is 27.6. The van der Waals surface area contributed by atoms with Crippen LogP contribution in [0, 0.1) is 12.8 Å². The van der Waals surface area contributed by atoms with Gasteiger partial charge < -0.3 is 19.7 Å². The maximum absolute atomic E-state index is 10.6. The van der Waals surface area contributed by atoms with Gasteiger partial charge in [0, 0.05) is 38.4 Å². The van der Waals surface area contributed by atoms with E-state index in [2.05, 4.69) is 39.9 Å². The highest BCUT2D eigenvalue weighted by Gasteiger charge is 2.44. The summed E-state index contributed by atoms with van der Waals surface area (Å²) in [5, 5.41) is 14.2. The number of hydrogen-bond donors (Lipinski definition) is 2. The van der Waals surface area contributed by atoms with Gasteiger partial charge in [0.05, 0.1) is 31.1 Å². The molecule has 0 saturated carbocycles. The number of carboxylic acids is 2. The second-order valence-corrected chi connectivity index (χ2v) is 9.67. The minimum absolute atomic E-state index is 0.0824. The van der Waals surface area contributed by atoms with Crippen LogP contribution >= 0.6 is 0 Å². The molecule has 0 bridgehead atoms. The molecular weight excluding hydrogens is 540 g/mol. The summed E-state index contributed by atoms with van der Waals surface area (Å²) in [5.41, 5.74) is 2.37. The Kier molecular flexibility index (Phi) is 11.9. The van der Waals surface area contributed by atoms with Crippen molar-refractivity contribution in [2.45, 2.75) is 50.7 Å². The monoisotopic (exact) mass is 573 g/mol. The van der Waals surface area contributed by atoms with E-state index in [1.54, 1.807) is 0 Å². The lowest BCUT2D eigenvalue weighted by atomic mass is 9.86. The SMILES string of the molecule is Cc1cccc(CN2CCCC3(CC(CN4CCOCC4)CO3)C2)n1.O=C(O)C(F)(F)F.O=C(O)C(F)(F)F. The highest BCUT2D eigenvalue weighted by atomic mass is 19.4. The third-order valence-electron chi connectivity index (χ3n) is 6.34. The molecule has 15 heteroatoms. The number of morpholine rings is 1. The van der Waals surface area contributed by atoms with Crippen LogP contribution in [0.1, 0.15) is 30.7 Å². The number of likely N-dealkylation sites (tertiary alicyclic amines) is 1. The van der Waals surface area contributed by atoms with Crippen molar-refractivity contribution in [3.8, 4) is 0 Å². The van der Waals surface area contributed by atoms with Gasteiger partial charge in [-0.25, -0.2) is 9.59 Å². The van der Waals surface area contributed by atoms with E-state index < -0.39 is 24.3 Å². The molecule has 2 unspecified atom stereocenters. The van der Waals surface area contributed by atoms with Crippen molar-refractivity contribution in [3.05, 3.63) is 29.6 Å². The van der Waals surface area contributed by atoms with Crippen molar-refractivity contribution in [3.63, 3.8) is 0 Å². The average Bonchev–Trinajstić information content (AvgIpc) is 3.20. The van der Waals surface area contributed by atoms with E-state index in [0.29, 0.717) is 5.92 Å². The van der Waals surface area contributed by atoms with Crippen molar-refractivity contribution >= 4 is 11.9 Å². The number of alkyl halides is 6. The van der Waals surface area contributed by atoms with Crippen LogP contribution in [0.2, 0.25) is 0 Å². The van der Waals surface area contributed by atoms with Gasteiger partial charge in [-0.1, -0.05) is 6.07 Å².